The number of carbonyl (C=O) groups excluding carboxylic acids is 1. The molecule has 0 atom stereocenters. The van der Waals surface area contributed by atoms with Crippen molar-refractivity contribution >= 4 is 11.6 Å². The molecule has 0 aliphatic rings. The van der Waals surface area contributed by atoms with Crippen molar-refractivity contribution in [3.8, 4) is 6.07 Å². The van der Waals surface area contributed by atoms with Gasteiger partial charge in [0.2, 0.25) is 0 Å². The second-order valence-corrected chi connectivity index (χ2v) is 4.73. The van der Waals surface area contributed by atoms with Gasteiger partial charge in [-0.15, -0.1) is 0 Å². The summed E-state index contributed by atoms with van der Waals surface area (Å²) in [6.45, 7) is 5.76. The van der Waals surface area contributed by atoms with Gasteiger partial charge in [-0.05, 0) is 18.1 Å². The smallest absolute Gasteiger partial charge is 0.269 e. The summed E-state index contributed by atoms with van der Waals surface area (Å²) < 4.78 is 0. The molecular formula is C14H20N4O. The number of amides is 1. The van der Waals surface area contributed by atoms with Crippen LogP contribution in [0.1, 0.15) is 30.8 Å². The van der Waals surface area contributed by atoms with Gasteiger partial charge >= 0.3 is 0 Å². The first-order valence-corrected chi connectivity index (χ1v) is 6.38. The number of nitrogens with one attached hydrogen (secondary N) is 1. The summed E-state index contributed by atoms with van der Waals surface area (Å²) in [5.74, 6) is 0.280. The number of hydrogen-bond acceptors (Lipinski definition) is 4. The molecule has 1 aromatic rings. The third-order valence-corrected chi connectivity index (χ3v) is 2.65. The average Bonchev–Trinajstić information content (AvgIpc) is 2.42. The van der Waals surface area contributed by atoms with Gasteiger partial charge in [-0.25, -0.2) is 0 Å². The van der Waals surface area contributed by atoms with E-state index in [2.05, 4.69) is 35.1 Å². The van der Waals surface area contributed by atoms with Crippen LogP contribution in [0.5, 0.6) is 0 Å². The summed E-state index contributed by atoms with van der Waals surface area (Å²) in [5.41, 5.74) is 1.32. The van der Waals surface area contributed by atoms with Crippen LogP contribution in [0.2, 0.25) is 0 Å². The SMILES string of the molecule is CNC(=O)c1cc(N(CCC#N)CC(C)C)ccn1. The summed E-state index contributed by atoms with van der Waals surface area (Å²) in [4.78, 5) is 17.7. The number of anilines is 1. The van der Waals surface area contributed by atoms with Gasteiger partial charge in [-0.3, -0.25) is 9.78 Å². The van der Waals surface area contributed by atoms with Gasteiger partial charge in [0, 0.05) is 32.0 Å². The lowest BCUT2D eigenvalue weighted by Crippen LogP contribution is -2.29. The largest absolute Gasteiger partial charge is 0.370 e. The Hall–Kier alpha value is -2.09. The molecule has 5 heteroatoms. The minimum atomic E-state index is -0.202. The van der Waals surface area contributed by atoms with E-state index in [1.165, 1.54) is 0 Å². The summed E-state index contributed by atoms with van der Waals surface area (Å²) in [6, 6.07) is 5.78. The van der Waals surface area contributed by atoms with Crippen molar-refractivity contribution in [2.24, 2.45) is 5.92 Å². The van der Waals surface area contributed by atoms with Gasteiger partial charge < -0.3 is 10.2 Å². The quantitative estimate of drug-likeness (QED) is 0.847. The molecular weight excluding hydrogens is 240 g/mol. The third-order valence-electron chi connectivity index (χ3n) is 2.65. The molecule has 0 spiro atoms. The fraction of sp³-hybridized carbons (Fsp3) is 0.500. The highest BCUT2D eigenvalue weighted by Gasteiger charge is 2.11. The Morgan fingerprint density at radius 3 is 2.89 bits per heavy atom. The predicted molar refractivity (Wildman–Crippen MR) is 74.9 cm³/mol. The minimum absolute atomic E-state index is 0.202. The van der Waals surface area contributed by atoms with Crippen LogP contribution in [0, 0.1) is 17.2 Å². The minimum Gasteiger partial charge on any atom is -0.370 e. The van der Waals surface area contributed by atoms with E-state index in [4.69, 9.17) is 5.26 Å². The second kappa shape index (κ2) is 7.37. The normalized spacial score (nSPS) is 10.1. The van der Waals surface area contributed by atoms with Crippen LogP contribution in [0.3, 0.4) is 0 Å². The zero-order chi connectivity index (χ0) is 14.3. The molecule has 0 fully saturated rings. The topological polar surface area (TPSA) is 69.0 Å². The highest BCUT2D eigenvalue weighted by molar-refractivity contribution is 5.92. The van der Waals surface area contributed by atoms with E-state index in [1.54, 1.807) is 19.3 Å². The molecule has 0 bridgehead atoms. The molecule has 0 aliphatic carbocycles. The van der Waals surface area contributed by atoms with Crippen LogP contribution in [0.25, 0.3) is 0 Å². The first kappa shape index (κ1) is 15.0. The first-order chi connectivity index (χ1) is 9.08. The lowest BCUT2D eigenvalue weighted by Gasteiger charge is -2.26. The van der Waals surface area contributed by atoms with Crippen molar-refractivity contribution < 1.29 is 4.79 Å². The number of nitrogens with zero attached hydrogens (tertiary/aromatic N) is 3. The van der Waals surface area contributed by atoms with E-state index in [0.717, 1.165) is 12.2 Å². The Kier molecular flexibility index (Phi) is 5.80. The Labute approximate surface area is 114 Å². The standard InChI is InChI=1S/C14H20N4O/c1-11(2)10-18(8-4-6-15)12-5-7-17-13(9-12)14(19)16-3/h5,7,9,11H,4,8,10H2,1-3H3,(H,16,19). The van der Waals surface area contributed by atoms with Gasteiger partial charge in [-0.2, -0.15) is 5.26 Å². The molecule has 0 saturated heterocycles. The molecule has 1 aromatic heterocycles. The van der Waals surface area contributed by atoms with Crippen LogP contribution in [-0.4, -0.2) is 31.0 Å². The molecule has 1 heterocycles. The maximum atomic E-state index is 11.6. The lowest BCUT2D eigenvalue weighted by atomic mass is 10.1. The summed E-state index contributed by atoms with van der Waals surface area (Å²) in [7, 11) is 1.58. The van der Waals surface area contributed by atoms with E-state index < -0.39 is 0 Å². The number of rotatable bonds is 6. The Bertz CT molecular complexity index is 465. The second-order valence-electron chi connectivity index (χ2n) is 4.73. The number of pyridine rings is 1. The van der Waals surface area contributed by atoms with E-state index in [0.29, 0.717) is 24.6 Å². The fourth-order valence-corrected chi connectivity index (χ4v) is 1.82. The van der Waals surface area contributed by atoms with Crippen LogP contribution in [0.4, 0.5) is 5.69 Å². The van der Waals surface area contributed by atoms with Gasteiger partial charge in [0.1, 0.15) is 5.69 Å². The Balaban J connectivity index is 2.94. The molecule has 102 valence electrons. The highest BCUT2D eigenvalue weighted by atomic mass is 16.1. The molecule has 19 heavy (non-hydrogen) atoms. The molecule has 5 nitrogen and oxygen atoms in total. The fourth-order valence-electron chi connectivity index (χ4n) is 1.82. The number of carbonyl (C=O) groups is 1. The van der Waals surface area contributed by atoms with Crippen molar-refractivity contribution in [1.82, 2.24) is 10.3 Å². The zero-order valence-corrected chi connectivity index (χ0v) is 11.7. The predicted octanol–water partition coefficient (Wildman–Crippen LogP) is 1.82. The molecule has 1 rings (SSSR count). The number of nitriles is 1. The zero-order valence-electron chi connectivity index (χ0n) is 11.7. The van der Waals surface area contributed by atoms with Gasteiger partial charge in [0.25, 0.3) is 5.91 Å². The van der Waals surface area contributed by atoms with E-state index >= 15 is 0 Å². The van der Waals surface area contributed by atoms with Crippen LogP contribution < -0.4 is 10.2 Å². The van der Waals surface area contributed by atoms with Crippen molar-refractivity contribution in [2.45, 2.75) is 20.3 Å². The molecule has 1 N–H and O–H groups in total. The first-order valence-electron chi connectivity index (χ1n) is 6.38. The Morgan fingerprint density at radius 2 is 2.32 bits per heavy atom. The molecule has 0 aliphatic heterocycles. The summed E-state index contributed by atoms with van der Waals surface area (Å²) in [6.07, 6.45) is 2.09. The van der Waals surface area contributed by atoms with Crippen molar-refractivity contribution in [2.75, 3.05) is 25.0 Å². The van der Waals surface area contributed by atoms with Crippen LogP contribution in [-0.2, 0) is 0 Å². The van der Waals surface area contributed by atoms with Crippen LogP contribution in [0.15, 0.2) is 18.3 Å². The average molecular weight is 260 g/mol. The lowest BCUT2D eigenvalue weighted by molar-refractivity contribution is 0.0958. The molecule has 0 radical (unpaired) electrons. The van der Waals surface area contributed by atoms with E-state index in [-0.39, 0.29) is 5.91 Å². The van der Waals surface area contributed by atoms with E-state index in [1.807, 2.05) is 6.07 Å². The van der Waals surface area contributed by atoms with Gasteiger partial charge in [0.15, 0.2) is 0 Å². The van der Waals surface area contributed by atoms with E-state index in [9.17, 15) is 4.79 Å². The van der Waals surface area contributed by atoms with Crippen molar-refractivity contribution in [3.05, 3.63) is 24.0 Å². The summed E-state index contributed by atoms with van der Waals surface area (Å²) in [5, 5.41) is 11.3. The maximum absolute atomic E-state index is 11.6. The Morgan fingerprint density at radius 1 is 1.58 bits per heavy atom. The van der Waals surface area contributed by atoms with Gasteiger partial charge in [0.05, 0.1) is 12.5 Å². The molecule has 0 unspecified atom stereocenters. The molecule has 0 aromatic carbocycles. The monoisotopic (exact) mass is 260 g/mol. The van der Waals surface area contributed by atoms with Crippen LogP contribution >= 0.6 is 0 Å². The van der Waals surface area contributed by atoms with Gasteiger partial charge in [-0.1, -0.05) is 13.8 Å². The number of hydrogen-bond donors (Lipinski definition) is 1. The highest BCUT2D eigenvalue weighted by Crippen LogP contribution is 2.16. The molecule has 0 saturated carbocycles. The maximum Gasteiger partial charge on any atom is 0.269 e. The third kappa shape index (κ3) is 4.59. The summed E-state index contributed by atoms with van der Waals surface area (Å²) >= 11 is 0. The number of aromatic nitrogens is 1. The van der Waals surface area contributed by atoms with Crippen molar-refractivity contribution in [1.29, 1.82) is 5.26 Å². The van der Waals surface area contributed by atoms with Crippen molar-refractivity contribution in [3.63, 3.8) is 0 Å². The molecule has 1 amide bonds.